The number of hydrogen-bond acceptors (Lipinski definition) is 3. The Bertz CT molecular complexity index is 399. The van der Waals surface area contributed by atoms with Gasteiger partial charge in [-0.05, 0) is 26.9 Å². The highest BCUT2D eigenvalue weighted by Gasteiger charge is 2.02. The van der Waals surface area contributed by atoms with Gasteiger partial charge in [-0.2, -0.15) is 0 Å². The van der Waals surface area contributed by atoms with Crippen LogP contribution in [0.25, 0.3) is 0 Å². The normalized spacial score (nSPS) is 10.8. The summed E-state index contributed by atoms with van der Waals surface area (Å²) in [6.45, 7) is 5.20. The Morgan fingerprint density at radius 1 is 0.432 bits per heavy atom. The number of hydrogen-bond donors (Lipinski definition) is 1. The zero-order chi connectivity index (χ0) is 27.5. The second-order valence-corrected chi connectivity index (χ2v) is 11.3. The van der Waals surface area contributed by atoms with Crippen LogP contribution in [0.3, 0.4) is 0 Å². The van der Waals surface area contributed by atoms with Crippen molar-refractivity contribution in [3.63, 3.8) is 0 Å². The van der Waals surface area contributed by atoms with Gasteiger partial charge in [0.25, 0.3) is 0 Å². The Morgan fingerprint density at radius 3 is 0.973 bits per heavy atom. The molecule has 0 aromatic rings. The highest BCUT2D eigenvalue weighted by Crippen LogP contribution is 2.14. The van der Waals surface area contributed by atoms with Crippen LogP contribution in [-0.2, 0) is 9.53 Å². The first-order valence-corrected chi connectivity index (χ1v) is 17.0. The van der Waals surface area contributed by atoms with Crippen LogP contribution in [0.15, 0.2) is 0 Å². The molecule has 37 heavy (non-hydrogen) atoms. The van der Waals surface area contributed by atoms with Crippen molar-refractivity contribution in [2.75, 3.05) is 20.7 Å². The van der Waals surface area contributed by atoms with Gasteiger partial charge in [0, 0.05) is 6.42 Å². The summed E-state index contributed by atoms with van der Waals surface area (Å²) in [5, 5.41) is 2.75. The van der Waals surface area contributed by atoms with Gasteiger partial charge in [-0.25, -0.2) is 0 Å². The van der Waals surface area contributed by atoms with Crippen LogP contribution in [0.4, 0.5) is 0 Å². The van der Waals surface area contributed by atoms with E-state index in [1.165, 1.54) is 161 Å². The molecule has 0 aliphatic carbocycles. The number of esters is 1. The summed E-state index contributed by atoms with van der Waals surface area (Å²) in [7, 11) is 3.75. The van der Waals surface area contributed by atoms with Crippen molar-refractivity contribution in [2.24, 2.45) is 0 Å². The van der Waals surface area contributed by atoms with Gasteiger partial charge in [0.05, 0.1) is 6.61 Å². The third kappa shape index (κ3) is 40.1. The summed E-state index contributed by atoms with van der Waals surface area (Å²) in [5.41, 5.74) is 0. The number of nitrogens with one attached hydrogen (secondary N) is 1. The van der Waals surface area contributed by atoms with Crippen molar-refractivity contribution < 1.29 is 9.53 Å². The second-order valence-electron chi connectivity index (χ2n) is 11.3. The topological polar surface area (TPSA) is 38.3 Å². The number of unbranched alkanes of at least 4 members (excludes halogenated alkanes) is 25. The van der Waals surface area contributed by atoms with Gasteiger partial charge >= 0.3 is 5.97 Å². The molecule has 0 aromatic carbocycles. The van der Waals surface area contributed by atoms with E-state index in [-0.39, 0.29) is 5.97 Å². The van der Waals surface area contributed by atoms with Crippen LogP contribution < -0.4 is 5.32 Å². The number of carbonyl (C=O) groups excluding carboxylic acids is 1. The van der Waals surface area contributed by atoms with E-state index in [4.69, 9.17) is 4.74 Å². The molecule has 0 saturated heterocycles. The van der Waals surface area contributed by atoms with Crippen molar-refractivity contribution in [3.8, 4) is 0 Å². The molecule has 224 valence electrons. The first-order valence-electron chi connectivity index (χ1n) is 17.0. The lowest BCUT2D eigenvalue weighted by Gasteiger charge is -2.06. The fraction of sp³-hybridized carbons (Fsp3) is 0.971. The molecule has 0 radical (unpaired) electrons. The molecule has 0 spiro atoms. The first-order chi connectivity index (χ1) is 18.2. The van der Waals surface area contributed by atoms with Crippen LogP contribution in [0.5, 0.6) is 0 Å². The largest absolute Gasteiger partial charge is 0.466 e. The van der Waals surface area contributed by atoms with E-state index >= 15 is 0 Å². The summed E-state index contributed by atoms with van der Waals surface area (Å²) in [4.78, 5) is 11.8. The van der Waals surface area contributed by atoms with Crippen molar-refractivity contribution in [1.29, 1.82) is 0 Å². The van der Waals surface area contributed by atoms with Crippen molar-refractivity contribution >= 4 is 5.97 Å². The van der Waals surface area contributed by atoms with Crippen LogP contribution in [0.2, 0.25) is 0 Å². The number of rotatable bonds is 29. The van der Waals surface area contributed by atoms with E-state index in [9.17, 15) is 4.79 Å². The molecule has 0 bridgehead atoms. The van der Waals surface area contributed by atoms with E-state index in [0.29, 0.717) is 13.0 Å². The van der Waals surface area contributed by atoms with Crippen LogP contribution in [0.1, 0.15) is 194 Å². The van der Waals surface area contributed by atoms with E-state index in [1.54, 1.807) is 0 Å². The SMILES string of the molecule is CCCCCCCCCCCCCCCCCCOC(=O)CCCCCCCCCCCCC.CNC. The predicted molar refractivity (Wildman–Crippen MR) is 167 cm³/mol. The lowest BCUT2D eigenvalue weighted by atomic mass is 10.0. The molecule has 0 atom stereocenters. The van der Waals surface area contributed by atoms with Gasteiger partial charge in [-0.3, -0.25) is 4.79 Å². The summed E-state index contributed by atoms with van der Waals surface area (Å²) in [6.07, 6.45) is 37.2. The summed E-state index contributed by atoms with van der Waals surface area (Å²) < 4.78 is 5.41. The van der Waals surface area contributed by atoms with Gasteiger partial charge in [0.1, 0.15) is 0 Å². The average molecular weight is 526 g/mol. The lowest BCUT2D eigenvalue weighted by molar-refractivity contribution is -0.143. The summed E-state index contributed by atoms with van der Waals surface area (Å²) >= 11 is 0. The molecular formula is C34H71NO2. The smallest absolute Gasteiger partial charge is 0.305 e. The highest BCUT2D eigenvalue weighted by molar-refractivity contribution is 5.69. The first kappa shape index (κ1) is 38.6. The molecule has 0 fully saturated rings. The van der Waals surface area contributed by atoms with Crippen LogP contribution in [0, 0.1) is 0 Å². The molecular weight excluding hydrogens is 454 g/mol. The molecule has 0 aromatic heterocycles. The van der Waals surface area contributed by atoms with Crippen LogP contribution >= 0.6 is 0 Å². The van der Waals surface area contributed by atoms with E-state index < -0.39 is 0 Å². The van der Waals surface area contributed by atoms with Crippen molar-refractivity contribution in [2.45, 2.75) is 194 Å². The third-order valence-electron chi connectivity index (χ3n) is 7.25. The van der Waals surface area contributed by atoms with Gasteiger partial charge in [-0.15, -0.1) is 0 Å². The molecule has 1 N–H and O–H groups in total. The maximum absolute atomic E-state index is 11.8. The zero-order valence-corrected chi connectivity index (χ0v) is 26.3. The highest BCUT2D eigenvalue weighted by atomic mass is 16.5. The summed E-state index contributed by atoms with van der Waals surface area (Å²) in [5.74, 6) is 0.0249. The van der Waals surface area contributed by atoms with Crippen molar-refractivity contribution in [1.82, 2.24) is 5.32 Å². The minimum Gasteiger partial charge on any atom is -0.466 e. The third-order valence-corrected chi connectivity index (χ3v) is 7.25. The van der Waals surface area contributed by atoms with Crippen molar-refractivity contribution in [3.05, 3.63) is 0 Å². The molecule has 3 heteroatoms. The molecule has 0 aliphatic heterocycles. The minimum absolute atomic E-state index is 0.0249. The Kier molecular flexibility index (Phi) is 39.2. The number of carbonyl (C=O) groups is 1. The monoisotopic (exact) mass is 526 g/mol. The fourth-order valence-corrected chi connectivity index (χ4v) is 4.84. The lowest BCUT2D eigenvalue weighted by Crippen LogP contribution is -2.05. The van der Waals surface area contributed by atoms with E-state index in [2.05, 4.69) is 19.2 Å². The molecule has 0 saturated carbocycles. The quantitative estimate of drug-likeness (QED) is 0.0779. The van der Waals surface area contributed by atoms with Gasteiger partial charge in [0.2, 0.25) is 0 Å². The summed E-state index contributed by atoms with van der Waals surface area (Å²) in [6, 6.07) is 0. The average Bonchev–Trinajstić information content (AvgIpc) is 2.89. The maximum Gasteiger partial charge on any atom is 0.305 e. The molecule has 0 aliphatic rings. The zero-order valence-electron chi connectivity index (χ0n) is 26.3. The fourth-order valence-electron chi connectivity index (χ4n) is 4.84. The van der Waals surface area contributed by atoms with Crippen LogP contribution in [-0.4, -0.2) is 26.7 Å². The molecule has 0 heterocycles. The Hall–Kier alpha value is -0.570. The Balaban J connectivity index is 0. The standard InChI is InChI=1S/C32H64O2.C2H7N/c1-3-5-7-9-11-13-15-16-17-18-19-21-23-25-27-29-31-34-32(33)30-28-26-24-22-20-14-12-10-8-6-4-2;1-3-2/h3-31H2,1-2H3;3H,1-2H3. The number of ether oxygens (including phenoxy) is 1. The Morgan fingerprint density at radius 2 is 0.676 bits per heavy atom. The predicted octanol–water partition coefficient (Wildman–Crippen LogP) is 11.3. The van der Waals surface area contributed by atoms with Gasteiger partial charge in [0.15, 0.2) is 0 Å². The Labute approximate surface area is 235 Å². The molecule has 3 nitrogen and oxygen atoms in total. The van der Waals surface area contributed by atoms with E-state index in [1.807, 2.05) is 14.1 Å². The van der Waals surface area contributed by atoms with E-state index in [0.717, 1.165) is 12.8 Å². The molecule has 0 unspecified atom stereocenters. The molecule has 0 amide bonds. The molecule has 0 rings (SSSR count). The van der Waals surface area contributed by atoms with Gasteiger partial charge in [-0.1, -0.05) is 174 Å². The second kappa shape index (κ2) is 37.6. The maximum atomic E-state index is 11.8. The van der Waals surface area contributed by atoms with Gasteiger partial charge < -0.3 is 10.1 Å². The minimum atomic E-state index is 0.0249.